The summed E-state index contributed by atoms with van der Waals surface area (Å²) in [5.74, 6) is 0. The van der Waals surface area contributed by atoms with Gasteiger partial charge in [0.1, 0.15) is 0 Å². The van der Waals surface area contributed by atoms with Gasteiger partial charge >= 0.3 is 0 Å². The Hall–Kier alpha value is 6.40. The molecule has 12 heterocycles. The van der Waals surface area contributed by atoms with Crippen LogP contribution in [0.1, 0.15) is 0 Å². The van der Waals surface area contributed by atoms with Gasteiger partial charge in [-0.15, -0.1) is 102 Å². The number of nitrogens with zero attached hydrogens (tertiary/aromatic N) is 8. The molecular formula is C24H54Br14N8. The minimum Gasteiger partial charge on any atom is -0.300 e. The molecule has 8 bridgehead atoms. The summed E-state index contributed by atoms with van der Waals surface area (Å²) >= 11 is 22.0. The third-order valence-electron chi connectivity index (χ3n) is 8.79. The van der Waals surface area contributed by atoms with Gasteiger partial charge in [0.2, 0.25) is 0 Å². The topological polar surface area (TPSA) is 25.9 Å². The Kier molecular flexibility index (Phi) is 61.7. The Balaban J connectivity index is -0.000000104. The molecular weight excluding hydrogens is 1520 g/mol. The highest BCUT2D eigenvalue weighted by Gasteiger charge is 2.24. The van der Waals surface area contributed by atoms with Crippen molar-refractivity contribution in [2.24, 2.45) is 0 Å². The molecule has 12 saturated heterocycles. The third kappa shape index (κ3) is 27.9. The van der Waals surface area contributed by atoms with Crippen LogP contribution >= 0.6 is 215 Å². The highest BCUT2D eigenvalue weighted by atomic mass is 80.9. The van der Waals surface area contributed by atoms with E-state index in [-0.39, 0.29) is 102 Å². The normalized spacial score (nSPS) is 31.8. The lowest BCUT2D eigenvalue weighted by atomic mass is 10.2. The summed E-state index contributed by atoms with van der Waals surface area (Å²) in [6.45, 7) is 31.7. The molecule has 0 atom stereocenters. The molecule has 12 rings (SSSR count). The van der Waals surface area contributed by atoms with Crippen LogP contribution in [0.4, 0.5) is 0 Å². The fourth-order valence-electron chi connectivity index (χ4n) is 6.08. The molecule has 0 aliphatic carbocycles. The predicted octanol–water partition coefficient (Wildman–Crippen LogP) is 8.70. The van der Waals surface area contributed by atoms with E-state index in [1.807, 2.05) is 0 Å². The van der Waals surface area contributed by atoms with Crippen molar-refractivity contribution >= 4 is 215 Å². The van der Waals surface area contributed by atoms with E-state index in [0.717, 1.165) is 0 Å². The van der Waals surface area contributed by atoms with Gasteiger partial charge < -0.3 is 0 Å². The van der Waals surface area contributed by atoms with Gasteiger partial charge in [0.25, 0.3) is 0 Å². The Morgan fingerprint density at radius 1 is 0.152 bits per heavy atom. The first kappa shape index (κ1) is 64.3. The molecule has 288 valence electrons. The summed E-state index contributed by atoms with van der Waals surface area (Å²) in [5.41, 5.74) is 0. The van der Waals surface area contributed by atoms with Crippen LogP contribution in [-0.2, 0) is 0 Å². The molecule has 46 heavy (non-hydrogen) atoms. The molecule has 0 saturated carbocycles. The molecule has 0 aromatic rings. The number of hydrogen-bond donors (Lipinski definition) is 0. The van der Waals surface area contributed by atoms with Crippen LogP contribution in [0.25, 0.3) is 0 Å². The SMILES string of the molecule is Br.Br.Br.Br.Br.Br.BrBr.BrBr.BrBr.BrBr.C1CN2CCN1CC2.C1CN2CCN1CC2.C1CN2CCN1CC2.C1CN2CCN1CC2. The Morgan fingerprint density at radius 3 is 0.217 bits per heavy atom. The summed E-state index contributed by atoms with van der Waals surface area (Å²) in [6.07, 6.45) is 0. The van der Waals surface area contributed by atoms with Crippen molar-refractivity contribution in [1.29, 1.82) is 0 Å². The van der Waals surface area contributed by atoms with Crippen LogP contribution in [-0.4, -0.2) is 196 Å². The fourth-order valence-corrected chi connectivity index (χ4v) is 6.08. The summed E-state index contributed by atoms with van der Waals surface area (Å²) in [7, 11) is 0. The monoisotopic (exact) mass is 1560 g/mol. The first-order chi connectivity index (χ1) is 19.8. The molecule has 0 N–H and O–H groups in total. The molecule has 0 unspecified atom stereocenters. The van der Waals surface area contributed by atoms with Crippen molar-refractivity contribution in [3.05, 3.63) is 0 Å². The molecule has 0 amide bonds. The smallest absolute Gasteiger partial charge is 0.0110 e. The molecule has 22 heteroatoms. The maximum Gasteiger partial charge on any atom is 0.0110 e. The minimum absolute atomic E-state index is 0. The van der Waals surface area contributed by atoms with E-state index >= 15 is 0 Å². The highest BCUT2D eigenvalue weighted by molar-refractivity contribution is 9.93. The van der Waals surface area contributed by atoms with E-state index in [0.29, 0.717) is 0 Å². The van der Waals surface area contributed by atoms with E-state index in [1.165, 1.54) is 157 Å². The van der Waals surface area contributed by atoms with Gasteiger partial charge in [-0.25, -0.2) is 0 Å². The summed E-state index contributed by atoms with van der Waals surface area (Å²) in [6, 6.07) is 0. The van der Waals surface area contributed by atoms with Crippen LogP contribution < -0.4 is 0 Å². The molecule has 12 aliphatic rings. The van der Waals surface area contributed by atoms with E-state index in [1.54, 1.807) is 0 Å². The van der Waals surface area contributed by atoms with Gasteiger partial charge in [-0.05, 0) is 0 Å². The lowest BCUT2D eigenvalue weighted by Gasteiger charge is -2.41. The minimum atomic E-state index is 0. The molecule has 12 fully saturated rings. The summed E-state index contributed by atoms with van der Waals surface area (Å²) in [4.78, 5) is 20.3. The average Bonchev–Trinajstić information content (AvgIpc) is 3.13. The van der Waals surface area contributed by atoms with Crippen molar-refractivity contribution in [1.82, 2.24) is 39.2 Å². The average molecular weight is 1570 g/mol. The van der Waals surface area contributed by atoms with Crippen molar-refractivity contribution in [3.63, 3.8) is 0 Å². The van der Waals surface area contributed by atoms with Gasteiger partial charge in [-0.3, -0.25) is 39.2 Å². The van der Waals surface area contributed by atoms with Crippen LogP contribution in [0.2, 0.25) is 0 Å². The lowest BCUT2D eigenvalue weighted by molar-refractivity contribution is 0.0647. The maximum atomic E-state index is 2.75. The standard InChI is InChI=1S/4C6H12N2.4Br2.6BrH/c4*1-2-8-5-3-7(1)4-6-8;4*1-2;;;;;;/h4*1-6H2;;;;;6*1H. The molecule has 12 aliphatic heterocycles. The van der Waals surface area contributed by atoms with E-state index in [9.17, 15) is 0 Å². The number of rotatable bonds is 0. The molecule has 8 nitrogen and oxygen atoms in total. The van der Waals surface area contributed by atoms with Crippen LogP contribution in [0.15, 0.2) is 0 Å². The molecule has 0 radical (unpaired) electrons. The zero-order valence-corrected chi connectivity index (χ0v) is 49.0. The zero-order chi connectivity index (χ0) is 29.6. The second kappa shape index (κ2) is 44.1. The van der Waals surface area contributed by atoms with Gasteiger partial charge in [0.15, 0.2) is 0 Å². The summed E-state index contributed by atoms with van der Waals surface area (Å²) < 4.78 is 0. The van der Waals surface area contributed by atoms with Crippen LogP contribution in [0.5, 0.6) is 0 Å². The maximum absolute atomic E-state index is 2.75. The second-order valence-corrected chi connectivity index (χ2v) is 10.7. The quantitative estimate of drug-likeness (QED) is 0.238. The number of piperazine rings is 12. The Labute approximate surface area is 405 Å². The van der Waals surface area contributed by atoms with Gasteiger partial charge in [-0.1, -0.05) is 0 Å². The highest BCUT2D eigenvalue weighted by Crippen LogP contribution is 2.09. The second-order valence-electron chi connectivity index (χ2n) is 10.7. The lowest BCUT2D eigenvalue weighted by Crippen LogP contribution is -2.55. The molecule has 0 aromatic heterocycles. The fraction of sp³-hybridized carbons (Fsp3) is 1.00. The predicted molar refractivity (Wildman–Crippen MR) is 265 cm³/mol. The number of halogens is 14. The number of fused-ring (bicyclic) bond motifs is 12. The van der Waals surface area contributed by atoms with Crippen molar-refractivity contribution in [2.45, 2.75) is 0 Å². The van der Waals surface area contributed by atoms with Crippen molar-refractivity contribution < 1.29 is 0 Å². The van der Waals surface area contributed by atoms with Gasteiger partial charge in [-0.2, -0.15) is 0 Å². The van der Waals surface area contributed by atoms with Crippen LogP contribution in [0, 0.1) is 0 Å². The van der Waals surface area contributed by atoms with Gasteiger partial charge in [0.05, 0.1) is 0 Å². The number of hydrogen-bond acceptors (Lipinski definition) is 8. The van der Waals surface area contributed by atoms with Crippen molar-refractivity contribution in [3.8, 4) is 0 Å². The first-order valence-electron chi connectivity index (χ1n) is 14.2. The zero-order valence-electron chi connectivity index (χ0n) is 26.0. The Bertz CT molecular complexity index is 383. The van der Waals surface area contributed by atoms with E-state index < -0.39 is 0 Å². The third-order valence-corrected chi connectivity index (χ3v) is 8.79. The van der Waals surface area contributed by atoms with E-state index in [2.05, 4.69) is 152 Å². The van der Waals surface area contributed by atoms with E-state index in [4.69, 9.17) is 0 Å². The Morgan fingerprint density at radius 2 is 0.196 bits per heavy atom. The molecule has 0 aromatic carbocycles. The molecule has 0 spiro atoms. The van der Waals surface area contributed by atoms with Crippen LogP contribution in [0.3, 0.4) is 0 Å². The largest absolute Gasteiger partial charge is 0.300 e. The summed E-state index contributed by atoms with van der Waals surface area (Å²) in [5, 5.41) is 0. The van der Waals surface area contributed by atoms with Gasteiger partial charge in [0, 0.05) is 270 Å². The first-order valence-corrected chi connectivity index (χ1v) is 29.0. The van der Waals surface area contributed by atoms with Crippen molar-refractivity contribution in [2.75, 3.05) is 157 Å².